The topological polar surface area (TPSA) is 115 Å². The fourth-order valence-corrected chi connectivity index (χ4v) is 5.44. The zero-order chi connectivity index (χ0) is 28.9. The summed E-state index contributed by atoms with van der Waals surface area (Å²) in [5, 5.41) is 8.60. The quantitative estimate of drug-likeness (QED) is 0.338. The van der Waals surface area contributed by atoms with Crippen molar-refractivity contribution in [2.45, 2.75) is 49.3 Å². The largest absolute Gasteiger partial charge is 0.484 e. The predicted octanol–water partition coefficient (Wildman–Crippen LogP) is 3.55. The highest BCUT2D eigenvalue weighted by Gasteiger charge is 2.57. The maximum absolute atomic E-state index is 13.7. The van der Waals surface area contributed by atoms with Gasteiger partial charge in [-0.3, -0.25) is 14.4 Å². The molecule has 2 aromatic rings. The number of fused-ring (bicyclic) bond motifs is 3. The monoisotopic (exact) mass is 599 g/mol. The molecule has 13 heteroatoms. The van der Waals surface area contributed by atoms with Crippen molar-refractivity contribution in [2.75, 3.05) is 26.8 Å². The molecule has 2 bridgehead atoms. The number of benzene rings is 2. The third kappa shape index (κ3) is 7.13. The first-order chi connectivity index (χ1) is 19.0. The average Bonchev–Trinajstić information content (AvgIpc) is 2.91. The molecule has 0 saturated heterocycles. The van der Waals surface area contributed by atoms with Crippen LogP contribution < -0.4 is 25.4 Å². The number of carbonyl (C=O) groups excluding carboxylic acids is 3. The molecular weight excluding hydrogens is 571 g/mol. The van der Waals surface area contributed by atoms with Crippen LogP contribution in [0.25, 0.3) is 0 Å². The molecule has 3 aliphatic rings. The first-order valence-corrected chi connectivity index (χ1v) is 13.4. The van der Waals surface area contributed by atoms with Gasteiger partial charge in [0.05, 0.1) is 22.1 Å². The zero-order valence-corrected chi connectivity index (χ0v) is 23.2. The standard InChI is InChI=1S/C27H29Cl2F2N3O6/c1-32-13-25(37)40-22-12-26(33-23(35)14-38-16-2-4-18(28)20(30)10-16)6-8-27(22,9-7-26)34-24(36)15-39-17-3-5-19(29)21(31)11-17/h2-5,10-11,22,32H,6-9,12-15H2,1H3,(H,33,35)(H,34,36)/t22-,26?,27?/m0/s1. The van der Waals surface area contributed by atoms with Gasteiger partial charge in [0.1, 0.15) is 29.2 Å². The van der Waals surface area contributed by atoms with E-state index in [2.05, 4.69) is 16.0 Å². The summed E-state index contributed by atoms with van der Waals surface area (Å²) in [7, 11) is 1.61. The lowest BCUT2D eigenvalue weighted by atomic mass is 9.59. The summed E-state index contributed by atoms with van der Waals surface area (Å²) in [5.41, 5.74) is -1.54. The summed E-state index contributed by atoms with van der Waals surface area (Å²) < 4.78 is 44.0. The first-order valence-electron chi connectivity index (χ1n) is 12.6. The van der Waals surface area contributed by atoms with Gasteiger partial charge in [-0.15, -0.1) is 0 Å². The number of nitrogens with one attached hydrogen (secondary N) is 3. The lowest BCUT2D eigenvalue weighted by Gasteiger charge is -2.57. The van der Waals surface area contributed by atoms with Crippen LogP contribution in [-0.4, -0.2) is 61.8 Å². The minimum absolute atomic E-state index is 0.0311. The molecule has 2 amide bonds. The molecule has 1 atom stereocenters. The molecule has 216 valence electrons. The number of likely N-dealkylation sites (N-methyl/N-ethyl adjacent to an activating group) is 1. The van der Waals surface area contributed by atoms with Crippen LogP contribution >= 0.6 is 23.2 Å². The Morgan fingerprint density at radius 1 is 0.875 bits per heavy atom. The van der Waals surface area contributed by atoms with Crippen molar-refractivity contribution in [3.05, 3.63) is 58.1 Å². The van der Waals surface area contributed by atoms with Gasteiger partial charge in [-0.1, -0.05) is 23.2 Å². The number of rotatable bonds is 11. The van der Waals surface area contributed by atoms with E-state index in [4.69, 9.17) is 37.4 Å². The lowest BCUT2D eigenvalue weighted by Crippen LogP contribution is -2.71. The van der Waals surface area contributed by atoms with E-state index in [-0.39, 0.29) is 47.7 Å². The normalized spacial score (nSPS) is 23.3. The summed E-state index contributed by atoms with van der Waals surface area (Å²) in [6.45, 7) is -0.765. The maximum Gasteiger partial charge on any atom is 0.320 e. The second-order valence-electron chi connectivity index (χ2n) is 9.97. The van der Waals surface area contributed by atoms with Gasteiger partial charge in [-0.25, -0.2) is 8.78 Å². The van der Waals surface area contributed by atoms with E-state index in [1.54, 1.807) is 7.05 Å². The van der Waals surface area contributed by atoms with Crippen LogP contribution in [0.4, 0.5) is 8.78 Å². The van der Waals surface area contributed by atoms with Crippen molar-refractivity contribution >= 4 is 41.0 Å². The second kappa shape index (κ2) is 12.6. The molecule has 3 saturated carbocycles. The highest BCUT2D eigenvalue weighted by atomic mass is 35.5. The van der Waals surface area contributed by atoms with E-state index in [1.807, 2.05) is 0 Å². The Bertz CT molecular complexity index is 1270. The predicted molar refractivity (Wildman–Crippen MR) is 142 cm³/mol. The van der Waals surface area contributed by atoms with Crippen molar-refractivity contribution in [1.29, 1.82) is 0 Å². The second-order valence-corrected chi connectivity index (χ2v) is 10.8. The van der Waals surface area contributed by atoms with Gasteiger partial charge < -0.3 is 30.2 Å². The molecule has 5 rings (SSSR count). The average molecular weight is 600 g/mol. The van der Waals surface area contributed by atoms with Crippen molar-refractivity contribution < 1.29 is 37.4 Å². The Morgan fingerprint density at radius 2 is 1.40 bits per heavy atom. The van der Waals surface area contributed by atoms with Gasteiger partial charge in [0, 0.05) is 24.1 Å². The Labute approximate surface area is 239 Å². The van der Waals surface area contributed by atoms with Gasteiger partial charge in [0.15, 0.2) is 13.2 Å². The molecule has 0 radical (unpaired) electrons. The van der Waals surface area contributed by atoms with Crippen LogP contribution in [-0.2, 0) is 19.1 Å². The third-order valence-electron chi connectivity index (χ3n) is 7.20. The number of esters is 1. The minimum Gasteiger partial charge on any atom is -0.484 e. The molecule has 0 unspecified atom stereocenters. The number of halogens is 4. The molecule has 0 spiro atoms. The Kier molecular flexibility index (Phi) is 9.37. The van der Waals surface area contributed by atoms with Crippen molar-refractivity contribution in [2.24, 2.45) is 0 Å². The van der Waals surface area contributed by atoms with E-state index in [1.165, 1.54) is 24.3 Å². The minimum atomic E-state index is -0.862. The van der Waals surface area contributed by atoms with Crippen LogP contribution in [0.5, 0.6) is 11.5 Å². The molecular formula is C27H29Cl2F2N3O6. The Balaban J connectivity index is 1.39. The van der Waals surface area contributed by atoms with E-state index in [0.29, 0.717) is 25.7 Å². The zero-order valence-electron chi connectivity index (χ0n) is 21.7. The molecule has 3 N–H and O–H groups in total. The summed E-state index contributed by atoms with van der Waals surface area (Å²) >= 11 is 11.4. The summed E-state index contributed by atoms with van der Waals surface area (Å²) in [6.07, 6.45) is 1.42. The number of hydrogen-bond acceptors (Lipinski definition) is 7. The van der Waals surface area contributed by atoms with Crippen molar-refractivity contribution in [3.63, 3.8) is 0 Å². The lowest BCUT2D eigenvalue weighted by molar-refractivity contribution is -0.165. The van der Waals surface area contributed by atoms with Crippen LogP contribution in [0.15, 0.2) is 36.4 Å². The van der Waals surface area contributed by atoms with Gasteiger partial charge in [0.2, 0.25) is 0 Å². The molecule has 0 aliphatic heterocycles. The van der Waals surface area contributed by atoms with Gasteiger partial charge in [-0.05, 0) is 57.0 Å². The number of hydrogen-bond donors (Lipinski definition) is 3. The van der Waals surface area contributed by atoms with Crippen molar-refractivity contribution in [1.82, 2.24) is 16.0 Å². The summed E-state index contributed by atoms with van der Waals surface area (Å²) in [5.74, 6) is -2.41. The number of carbonyl (C=O) groups is 3. The van der Waals surface area contributed by atoms with Crippen LogP contribution in [0.1, 0.15) is 32.1 Å². The molecule has 9 nitrogen and oxygen atoms in total. The van der Waals surface area contributed by atoms with Crippen LogP contribution in [0.3, 0.4) is 0 Å². The smallest absolute Gasteiger partial charge is 0.320 e. The Hall–Kier alpha value is -3.15. The van der Waals surface area contributed by atoms with E-state index in [0.717, 1.165) is 12.1 Å². The number of amides is 2. The number of ether oxygens (including phenoxy) is 3. The fourth-order valence-electron chi connectivity index (χ4n) is 5.21. The highest BCUT2D eigenvalue weighted by Crippen LogP contribution is 2.48. The molecule has 40 heavy (non-hydrogen) atoms. The van der Waals surface area contributed by atoms with Crippen LogP contribution in [0, 0.1) is 11.6 Å². The van der Waals surface area contributed by atoms with Gasteiger partial charge >= 0.3 is 5.97 Å². The first kappa shape index (κ1) is 29.8. The van der Waals surface area contributed by atoms with E-state index < -0.39 is 46.6 Å². The molecule has 3 aliphatic carbocycles. The highest BCUT2D eigenvalue weighted by molar-refractivity contribution is 6.31. The Morgan fingerprint density at radius 3 is 1.90 bits per heavy atom. The van der Waals surface area contributed by atoms with E-state index >= 15 is 0 Å². The van der Waals surface area contributed by atoms with Crippen molar-refractivity contribution in [3.8, 4) is 11.5 Å². The molecule has 2 aromatic carbocycles. The van der Waals surface area contributed by atoms with Gasteiger partial charge in [0.25, 0.3) is 11.8 Å². The SMILES string of the molecule is CNCC(=O)O[C@H]1CC2(NC(=O)COc3ccc(Cl)c(F)c3)CCC1(NC(=O)COc1ccc(Cl)c(F)c1)CC2. The molecule has 3 fully saturated rings. The summed E-state index contributed by atoms with van der Waals surface area (Å²) in [6, 6.07) is 7.75. The molecule has 0 heterocycles. The maximum atomic E-state index is 13.7. The fraction of sp³-hybridized carbons (Fsp3) is 0.444. The third-order valence-corrected chi connectivity index (χ3v) is 7.81. The van der Waals surface area contributed by atoms with E-state index in [9.17, 15) is 23.2 Å². The summed E-state index contributed by atoms with van der Waals surface area (Å²) in [4.78, 5) is 38.1. The molecule has 0 aromatic heterocycles. The van der Waals surface area contributed by atoms with Gasteiger partial charge in [-0.2, -0.15) is 0 Å². The van der Waals surface area contributed by atoms with Crippen LogP contribution in [0.2, 0.25) is 10.0 Å².